The minimum Gasteiger partial charge on any atom is -0.339 e. The van der Waals surface area contributed by atoms with Crippen LogP contribution in [0.2, 0.25) is 0 Å². The van der Waals surface area contributed by atoms with Gasteiger partial charge in [-0.2, -0.15) is 0 Å². The Balaban J connectivity index is 2.34. The number of nitrogens with one attached hydrogen (secondary N) is 1. The van der Waals surface area contributed by atoms with E-state index in [4.69, 9.17) is 4.98 Å². The van der Waals surface area contributed by atoms with Gasteiger partial charge in [-0.1, -0.05) is 36.4 Å². The van der Waals surface area contributed by atoms with Crippen LogP contribution in [0.1, 0.15) is 11.1 Å². The quantitative estimate of drug-likeness (QED) is 0.486. The molecule has 0 saturated carbocycles. The van der Waals surface area contributed by atoms with Gasteiger partial charge in [-0.3, -0.25) is 0 Å². The number of benzene rings is 2. The fraction of sp³-hybridized carbons (Fsp3) is 0.118. The maximum absolute atomic E-state index is 4.76. The largest absolute Gasteiger partial charge is 0.339 e. The lowest BCUT2D eigenvalue weighted by Crippen LogP contribution is -1.85. The van der Waals surface area contributed by atoms with Crippen LogP contribution in [-0.4, -0.2) is 9.97 Å². The highest BCUT2D eigenvalue weighted by Crippen LogP contribution is 2.32. The van der Waals surface area contributed by atoms with Crippen molar-refractivity contribution in [2.24, 2.45) is 0 Å². The lowest BCUT2D eigenvalue weighted by molar-refractivity contribution is 1.37. The SMILES string of the molecule is Cc1cccc2c1[nH]c1nc3ccccc3c(C)c12. The second-order valence-electron chi connectivity index (χ2n) is 5.10. The van der Waals surface area contributed by atoms with E-state index < -0.39 is 0 Å². The van der Waals surface area contributed by atoms with Crippen molar-refractivity contribution in [1.29, 1.82) is 0 Å². The normalized spacial score (nSPS) is 11.7. The Morgan fingerprint density at radius 3 is 2.58 bits per heavy atom. The summed E-state index contributed by atoms with van der Waals surface area (Å²) in [4.78, 5) is 8.23. The average molecular weight is 246 g/mol. The number of rotatable bonds is 0. The highest BCUT2D eigenvalue weighted by molar-refractivity contribution is 6.12. The van der Waals surface area contributed by atoms with Crippen molar-refractivity contribution in [2.75, 3.05) is 0 Å². The number of para-hydroxylation sites is 2. The van der Waals surface area contributed by atoms with Gasteiger partial charge in [0.05, 0.1) is 11.0 Å². The minimum absolute atomic E-state index is 0.987. The Hall–Kier alpha value is -2.35. The molecule has 19 heavy (non-hydrogen) atoms. The standard InChI is InChI=1S/C17H14N2/c1-10-6-5-8-13-15-11(2)12-7-3-4-9-14(12)18-17(15)19-16(10)13/h3-9H,1-2H3,(H,18,19). The Labute approximate surface area is 111 Å². The molecule has 2 heterocycles. The first-order valence-corrected chi connectivity index (χ1v) is 6.52. The molecule has 0 fully saturated rings. The molecule has 0 atom stereocenters. The topological polar surface area (TPSA) is 28.7 Å². The smallest absolute Gasteiger partial charge is 0.139 e. The third kappa shape index (κ3) is 1.34. The van der Waals surface area contributed by atoms with Gasteiger partial charge in [-0.25, -0.2) is 4.98 Å². The Kier molecular flexibility index (Phi) is 1.99. The lowest BCUT2D eigenvalue weighted by Gasteiger charge is -2.03. The zero-order valence-corrected chi connectivity index (χ0v) is 11.0. The Morgan fingerprint density at radius 2 is 1.68 bits per heavy atom. The summed E-state index contributed by atoms with van der Waals surface area (Å²) in [6.07, 6.45) is 0. The summed E-state index contributed by atoms with van der Waals surface area (Å²) >= 11 is 0. The first kappa shape index (κ1) is 10.6. The van der Waals surface area contributed by atoms with Crippen LogP contribution in [0.15, 0.2) is 42.5 Å². The van der Waals surface area contributed by atoms with Crippen LogP contribution in [0.3, 0.4) is 0 Å². The van der Waals surface area contributed by atoms with Gasteiger partial charge < -0.3 is 4.98 Å². The fourth-order valence-corrected chi connectivity index (χ4v) is 2.96. The maximum atomic E-state index is 4.76. The lowest BCUT2D eigenvalue weighted by atomic mass is 10.0. The molecule has 0 saturated heterocycles. The molecule has 0 aliphatic heterocycles. The van der Waals surface area contributed by atoms with Crippen LogP contribution >= 0.6 is 0 Å². The average Bonchev–Trinajstić information content (AvgIpc) is 2.79. The zero-order valence-electron chi connectivity index (χ0n) is 11.0. The van der Waals surface area contributed by atoms with Crippen molar-refractivity contribution in [3.05, 3.63) is 53.6 Å². The fourth-order valence-electron chi connectivity index (χ4n) is 2.96. The molecule has 0 aliphatic rings. The summed E-state index contributed by atoms with van der Waals surface area (Å²) in [7, 11) is 0. The number of hydrogen-bond donors (Lipinski definition) is 1. The molecule has 92 valence electrons. The van der Waals surface area contributed by atoms with Crippen molar-refractivity contribution < 1.29 is 0 Å². The summed E-state index contributed by atoms with van der Waals surface area (Å²) < 4.78 is 0. The van der Waals surface area contributed by atoms with E-state index in [0.717, 1.165) is 11.2 Å². The summed E-state index contributed by atoms with van der Waals surface area (Å²) in [6, 6.07) is 14.7. The van der Waals surface area contributed by atoms with Gasteiger partial charge in [0, 0.05) is 16.2 Å². The highest BCUT2D eigenvalue weighted by atomic mass is 14.9. The van der Waals surface area contributed by atoms with Crippen molar-refractivity contribution in [3.8, 4) is 0 Å². The highest BCUT2D eigenvalue weighted by Gasteiger charge is 2.11. The molecule has 0 amide bonds. The molecular formula is C17H14N2. The molecular weight excluding hydrogens is 232 g/mol. The Morgan fingerprint density at radius 1 is 0.895 bits per heavy atom. The first-order valence-electron chi connectivity index (χ1n) is 6.52. The number of pyridine rings is 1. The number of hydrogen-bond acceptors (Lipinski definition) is 1. The molecule has 4 aromatic rings. The van der Waals surface area contributed by atoms with Crippen LogP contribution in [0.25, 0.3) is 32.8 Å². The van der Waals surface area contributed by atoms with Gasteiger partial charge in [0.25, 0.3) is 0 Å². The van der Waals surface area contributed by atoms with Crippen LogP contribution in [0.5, 0.6) is 0 Å². The number of aromatic amines is 1. The molecule has 1 N–H and O–H groups in total. The second kappa shape index (κ2) is 3.58. The summed E-state index contributed by atoms with van der Waals surface area (Å²) in [5, 5.41) is 3.75. The summed E-state index contributed by atoms with van der Waals surface area (Å²) in [5.74, 6) is 0. The molecule has 4 rings (SSSR count). The predicted octanol–water partition coefficient (Wildman–Crippen LogP) is 4.49. The maximum Gasteiger partial charge on any atom is 0.139 e. The molecule has 0 aliphatic carbocycles. The van der Waals surface area contributed by atoms with Gasteiger partial charge >= 0.3 is 0 Å². The molecule has 2 heteroatoms. The van der Waals surface area contributed by atoms with Crippen molar-refractivity contribution in [1.82, 2.24) is 9.97 Å². The van der Waals surface area contributed by atoms with Gasteiger partial charge in [-0.05, 0) is 31.0 Å². The van der Waals surface area contributed by atoms with Crippen LogP contribution in [-0.2, 0) is 0 Å². The number of aromatic nitrogens is 2. The van der Waals surface area contributed by atoms with Crippen molar-refractivity contribution >= 4 is 32.8 Å². The van der Waals surface area contributed by atoms with E-state index in [-0.39, 0.29) is 0 Å². The van der Waals surface area contributed by atoms with Crippen molar-refractivity contribution in [2.45, 2.75) is 13.8 Å². The third-order valence-electron chi connectivity index (χ3n) is 3.94. The zero-order chi connectivity index (χ0) is 13.0. The molecule has 0 unspecified atom stereocenters. The monoisotopic (exact) mass is 246 g/mol. The Bertz CT molecular complexity index is 932. The van der Waals surface area contributed by atoms with Gasteiger partial charge in [0.2, 0.25) is 0 Å². The van der Waals surface area contributed by atoms with Crippen LogP contribution in [0, 0.1) is 13.8 Å². The summed E-state index contributed by atoms with van der Waals surface area (Å²) in [5.41, 5.74) is 5.80. The number of nitrogens with zero attached hydrogens (tertiary/aromatic N) is 1. The third-order valence-corrected chi connectivity index (χ3v) is 3.94. The van der Waals surface area contributed by atoms with E-state index >= 15 is 0 Å². The van der Waals surface area contributed by atoms with E-state index in [2.05, 4.69) is 55.2 Å². The number of aryl methyl sites for hydroxylation is 2. The van der Waals surface area contributed by atoms with E-state index in [1.807, 2.05) is 6.07 Å². The number of fused-ring (bicyclic) bond motifs is 4. The van der Waals surface area contributed by atoms with E-state index in [1.54, 1.807) is 0 Å². The minimum atomic E-state index is 0.987. The van der Waals surface area contributed by atoms with Gasteiger partial charge in [-0.15, -0.1) is 0 Å². The molecule has 0 bridgehead atoms. The second-order valence-corrected chi connectivity index (χ2v) is 5.10. The molecule has 0 radical (unpaired) electrons. The number of H-pyrrole nitrogens is 1. The summed E-state index contributed by atoms with van der Waals surface area (Å²) in [6.45, 7) is 4.31. The first-order chi connectivity index (χ1) is 9.25. The molecule has 0 spiro atoms. The van der Waals surface area contributed by atoms with Crippen molar-refractivity contribution in [3.63, 3.8) is 0 Å². The van der Waals surface area contributed by atoms with Crippen LogP contribution in [0.4, 0.5) is 0 Å². The molecule has 2 aromatic carbocycles. The van der Waals surface area contributed by atoms with Gasteiger partial charge in [0.1, 0.15) is 5.65 Å². The van der Waals surface area contributed by atoms with Crippen LogP contribution < -0.4 is 0 Å². The molecule has 2 aromatic heterocycles. The molecule has 2 nitrogen and oxygen atoms in total. The van der Waals surface area contributed by atoms with E-state index in [1.165, 1.54) is 32.8 Å². The van der Waals surface area contributed by atoms with E-state index in [9.17, 15) is 0 Å². The van der Waals surface area contributed by atoms with E-state index in [0.29, 0.717) is 0 Å². The van der Waals surface area contributed by atoms with Gasteiger partial charge in [0.15, 0.2) is 0 Å². The predicted molar refractivity (Wildman–Crippen MR) is 80.6 cm³/mol.